The second kappa shape index (κ2) is 3.96. The lowest BCUT2D eigenvalue weighted by Crippen LogP contribution is -2.45. The van der Waals surface area contributed by atoms with Gasteiger partial charge in [-0.05, 0) is 25.0 Å². The van der Waals surface area contributed by atoms with E-state index in [1.54, 1.807) is 5.01 Å². The second-order valence-electron chi connectivity index (χ2n) is 4.02. The number of hydrazone groups is 1. The zero-order valence-corrected chi connectivity index (χ0v) is 9.34. The molecule has 0 radical (unpaired) electrons. The maximum absolute atomic E-state index is 11.3. The van der Waals surface area contributed by atoms with Crippen LogP contribution in [0.3, 0.4) is 0 Å². The molecule has 0 saturated heterocycles. The SMILES string of the molecule is CC1=NN(c2ccccc2)C(C(=N)[O-])C1C. The molecule has 16 heavy (non-hydrogen) atoms. The van der Waals surface area contributed by atoms with Crippen molar-refractivity contribution < 1.29 is 5.11 Å². The third-order valence-electron chi connectivity index (χ3n) is 2.95. The smallest absolute Gasteiger partial charge is 0.0877 e. The van der Waals surface area contributed by atoms with Gasteiger partial charge in [0, 0.05) is 11.6 Å². The van der Waals surface area contributed by atoms with Crippen LogP contribution in [-0.4, -0.2) is 17.7 Å². The molecule has 0 aliphatic carbocycles. The number of hydrogen-bond donors (Lipinski definition) is 1. The highest BCUT2D eigenvalue weighted by atomic mass is 16.3. The fourth-order valence-corrected chi connectivity index (χ4v) is 1.90. The number of benzene rings is 1. The van der Waals surface area contributed by atoms with Crippen molar-refractivity contribution in [2.45, 2.75) is 19.9 Å². The fraction of sp³-hybridized carbons (Fsp3) is 0.333. The Morgan fingerprint density at radius 3 is 2.56 bits per heavy atom. The standard InChI is InChI=1S/C12H15N3O/c1-8-9(2)14-15(11(8)12(13)16)10-6-4-3-5-7-10/h3-8,11H,1-2H3,(H2,13,16)/p-1. The number of anilines is 1. The Labute approximate surface area is 94.7 Å². The van der Waals surface area contributed by atoms with Gasteiger partial charge in [-0.3, -0.25) is 5.01 Å². The molecule has 0 saturated carbocycles. The molecule has 0 aromatic heterocycles. The molecule has 0 bridgehead atoms. The van der Waals surface area contributed by atoms with E-state index in [2.05, 4.69) is 5.10 Å². The Kier molecular flexibility index (Phi) is 2.64. The molecule has 2 atom stereocenters. The Balaban J connectivity index is 2.37. The van der Waals surface area contributed by atoms with E-state index in [1.165, 1.54) is 0 Å². The Morgan fingerprint density at radius 1 is 1.38 bits per heavy atom. The van der Waals surface area contributed by atoms with Crippen molar-refractivity contribution in [1.82, 2.24) is 0 Å². The summed E-state index contributed by atoms with van der Waals surface area (Å²) in [6.07, 6.45) is 0. The minimum atomic E-state index is -0.586. The van der Waals surface area contributed by atoms with Crippen molar-refractivity contribution in [3.8, 4) is 0 Å². The zero-order valence-electron chi connectivity index (χ0n) is 9.34. The topological polar surface area (TPSA) is 62.5 Å². The normalized spacial score (nSPS) is 24.4. The number of nitrogens with one attached hydrogen (secondary N) is 1. The van der Waals surface area contributed by atoms with Gasteiger partial charge in [-0.15, -0.1) is 0 Å². The van der Waals surface area contributed by atoms with Crippen LogP contribution in [0.5, 0.6) is 0 Å². The van der Waals surface area contributed by atoms with Crippen molar-refractivity contribution in [2.24, 2.45) is 11.0 Å². The fourth-order valence-electron chi connectivity index (χ4n) is 1.90. The summed E-state index contributed by atoms with van der Waals surface area (Å²) < 4.78 is 0. The van der Waals surface area contributed by atoms with Crippen LogP contribution in [0.2, 0.25) is 0 Å². The van der Waals surface area contributed by atoms with Gasteiger partial charge in [0.05, 0.1) is 11.7 Å². The first kappa shape index (κ1) is 10.7. The molecule has 1 aromatic rings. The van der Waals surface area contributed by atoms with E-state index in [1.807, 2.05) is 44.2 Å². The Bertz CT molecular complexity index is 427. The summed E-state index contributed by atoms with van der Waals surface area (Å²) in [6, 6.07) is 9.01. The molecule has 2 unspecified atom stereocenters. The molecular formula is C12H14N3O-. The van der Waals surface area contributed by atoms with Gasteiger partial charge in [0.15, 0.2) is 0 Å². The molecule has 0 amide bonds. The van der Waals surface area contributed by atoms with Gasteiger partial charge < -0.3 is 10.5 Å². The largest absolute Gasteiger partial charge is 0.861 e. The summed E-state index contributed by atoms with van der Waals surface area (Å²) in [6.45, 7) is 3.82. The predicted octanol–water partition coefficient (Wildman–Crippen LogP) is 1.22. The van der Waals surface area contributed by atoms with Crippen LogP contribution in [0.15, 0.2) is 35.4 Å². The third kappa shape index (κ3) is 1.66. The minimum Gasteiger partial charge on any atom is -0.861 e. The number of para-hydroxylation sites is 1. The molecule has 1 aliphatic rings. The molecule has 2 rings (SSSR count). The van der Waals surface area contributed by atoms with Crippen LogP contribution in [-0.2, 0) is 0 Å². The lowest BCUT2D eigenvalue weighted by atomic mass is 9.98. The molecule has 4 nitrogen and oxygen atoms in total. The predicted molar refractivity (Wildman–Crippen MR) is 62.7 cm³/mol. The van der Waals surface area contributed by atoms with E-state index in [9.17, 15) is 5.11 Å². The van der Waals surface area contributed by atoms with Crippen molar-refractivity contribution in [2.75, 3.05) is 5.01 Å². The molecule has 1 aliphatic heterocycles. The first-order valence-corrected chi connectivity index (χ1v) is 5.26. The number of hydrogen-bond acceptors (Lipinski definition) is 4. The van der Waals surface area contributed by atoms with Crippen LogP contribution < -0.4 is 10.1 Å². The highest BCUT2D eigenvalue weighted by molar-refractivity contribution is 5.96. The quantitative estimate of drug-likeness (QED) is 0.597. The van der Waals surface area contributed by atoms with Crippen LogP contribution >= 0.6 is 0 Å². The Morgan fingerprint density at radius 2 is 2.00 bits per heavy atom. The molecule has 0 spiro atoms. The average molecular weight is 216 g/mol. The lowest BCUT2D eigenvalue weighted by Gasteiger charge is -2.29. The highest BCUT2D eigenvalue weighted by Gasteiger charge is 2.32. The summed E-state index contributed by atoms with van der Waals surface area (Å²) in [5.41, 5.74) is 1.76. The van der Waals surface area contributed by atoms with Gasteiger partial charge in [0.2, 0.25) is 0 Å². The lowest BCUT2D eigenvalue weighted by molar-refractivity contribution is -0.222. The first-order chi connectivity index (χ1) is 7.61. The molecule has 1 aromatic carbocycles. The summed E-state index contributed by atoms with van der Waals surface area (Å²) in [4.78, 5) is 0. The number of rotatable bonds is 2. The molecule has 1 heterocycles. The Hall–Kier alpha value is -1.84. The molecular weight excluding hydrogens is 202 g/mol. The van der Waals surface area contributed by atoms with Gasteiger partial charge in [-0.25, -0.2) is 0 Å². The third-order valence-corrected chi connectivity index (χ3v) is 2.95. The molecule has 1 N–H and O–H groups in total. The summed E-state index contributed by atoms with van der Waals surface area (Å²) in [5, 5.41) is 24.7. The van der Waals surface area contributed by atoms with E-state index < -0.39 is 11.9 Å². The maximum atomic E-state index is 11.3. The summed E-state index contributed by atoms with van der Waals surface area (Å²) in [7, 11) is 0. The van der Waals surface area contributed by atoms with E-state index in [4.69, 9.17) is 5.41 Å². The van der Waals surface area contributed by atoms with Crippen LogP contribution in [0.25, 0.3) is 0 Å². The second-order valence-corrected chi connectivity index (χ2v) is 4.02. The highest BCUT2D eigenvalue weighted by Crippen LogP contribution is 2.27. The van der Waals surface area contributed by atoms with E-state index >= 15 is 0 Å². The molecule has 4 heteroatoms. The molecule has 84 valence electrons. The first-order valence-electron chi connectivity index (χ1n) is 5.26. The summed E-state index contributed by atoms with van der Waals surface area (Å²) in [5.74, 6) is -0.581. The van der Waals surface area contributed by atoms with Crippen molar-refractivity contribution in [3.05, 3.63) is 30.3 Å². The van der Waals surface area contributed by atoms with Gasteiger partial charge in [0.25, 0.3) is 0 Å². The number of nitrogens with zero attached hydrogens (tertiary/aromatic N) is 2. The van der Waals surface area contributed by atoms with E-state index in [-0.39, 0.29) is 5.92 Å². The van der Waals surface area contributed by atoms with Crippen LogP contribution in [0, 0.1) is 11.3 Å². The van der Waals surface area contributed by atoms with Crippen molar-refractivity contribution in [1.29, 1.82) is 5.41 Å². The van der Waals surface area contributed by atoms with E-state index in [0.717, 1.165) is 11.4 Å². The zero-order chi connectivity index (χ0) is 11.7. The monoisotopic (exact) mass is 216 g/mol. The van der Waals surface area contributed by atoms with Crippen molar-refractivity contribution in [3.63, 3.8) is 0 Å². The van der Waals surface area contributed by atoms with Crippen LogP contribution in [0.1, 0.15) is 13.8 Å². The van der Waals surface area contributed by atoms with E-state index in [0.29, 0.717) is 0 Å². The van der Waals surface area contributed by atoms with Gasteiger partial charge in [-0.2, -0.15) is 5.10 Å². The van der Waals surface area contributed by atoms with Gasteiger partial charge >= 0.3 is 0 Å². The van der Waals surface area contributed by atoms with Crippen LogP contribution in [0.4, 0.5) is 5.69 Å². The maximum Gasteiger partial charge on any atom is 0.0877 e. The van der Waals surface area contributed by atoms with Gasteiger partial charge in [-0.1, -0.05) is 25.1 Å². The minimum absolute atomic E-state index is 0.00482. The average Bonchev–Trinajstić information content (AvgIpc) is 2.57. The summed E-state index contributed by atoms with van der Waals surface area (Å²) >= 11 is 0. The van der Waals surface area contributed by atoms with Gasteiger partial charge in [0.1, 0.15) is 0 Å². The van der Waals surface area contributed by atoms with Crippen molar-refractivity contribution >= 4 is 17.3 Å². The molecule has 0 fully saturated rings.